The average Bonchev–Trinajstić information content (AvgIpc) is 3.20. The molecule has 4 rings (SSSR count). The molecule has 0 saturated heterocycles. The first-order valence-electron chi connectivity index (χ1n) is 10.2. The van der Waals surface area contributed by atoms with Crippen LogP contribution in [-0.4, -0.2) is 30.4 Å². The van der Waals surface area contributed by atoms with Crippen molar-refractivity contribution in [2.45, 2.75) is 38.1 Å². The molecule has 0 bridgehead atoms. The van der Waals surface area contributed by atoms with Crippen molar-refractivity contribution in [1.29, 1.82) is 0 Å². The summed E-state index contributed by atoms with van der Waals surface area (Å²) in [5.41, 5.74) is 4.26. The van der Waals surface area contributed by atoms with E-state index in [4.69, 9.17) is 0 Å². The van der Waals surface area contributed by atoms with Crippen molar-refractivity contribution in [3.8, 4) is 0 Å². The summed E-state index contributed by atoms with van der Waals surface area (Å²) in [5.74, 6) is 0.0496. The summed E-state index contributed by atoms with van der Waals surface area (Å²) in [4.78, 5) is 33.3. The smallest absolute Gasteiger partial charge is 0.293 e. The minimum atomic E-state index is -0.730. The maximum absolute atomic E-state index is 13.3. The van der Waals surface area contributed by atoms with Crippen molar-refractivity contribution in [1.82, 2.24) is 19.6 Å². The first-order chi connectivity index (χ1) is 15.7. The standard InChI is InChI=1S/C23H22N6O3S/c1-13-10-11-18(19(12-13)29(31)32)25-21(30)20(17-8-6-5-7-9-17)33-23-26-22-24-15(3)14(2)16(4)28(22)27-23/h5-12,20H,1-4H3,(H,25,30). The van der Waals surface area contributed by atoms with Crippen LogP contribution in [0.1, 0.15) is 33.3 Å². The van der Waals surface area contributed by atoms with Gasteiger partial charge >= 0.3 is 0 Å². The Morgan fingerprint density at radius 1 is 1.09 bits per heavy atom. The van der Waals surface area contributed by atoms with Gasteiger partial charge in [-0.05, 0) is 50.5 Å². The van der Waals surface area contributed by atoms with Gasteiger partial charge in [0.15, 0.2) is 0 Å². The van der Waals surface area contributed by atoms with Crippen molar-refractivity contribution < 1.29 is 9.72 Å². The predicted molar refractivity (Wildman–Crippen MR) is 126 cm³/mol. The van der Waals surface area contributed by atoms with Crippen LogP contribution in [-0.2, 0) is 4.79 Å². The van der Waals surface area contributed by atoms with E-state index in [1.54, 1.807) is 23.6 Å². The summed E-state index contributed by atoms with van der Waals surface area (Å²) in [5, 5.41) is 18.4. The fraction of sp³-hybridized carbons (Fsp3) is 0.217. The van der Waals surface area contributed by atoms with Gasteiger partial charge in [-0.1, -0.05) is 48.2 Å². The number of carbonyl (C=O) groups excluding carboxylic acids is 1. The number of nitrogens with one attached hydrogen (secondary N) is 1. The summed E-state index contributed by atoms with van der Waals surface area (Å²) < 4.78 is 1.66. The molecule has 9 nitrogen and oxygen atoms in total. The molecular weight excluding hydrogens is 440 g/mol. The number of fused-ring (bicyclic) bond motifs is 1. The van der Waals surface area contributed by atoms with E-state index >= 15 is 0 Å². The lowest BCUT2D eigenvalue weighted by atomic mass is 10.1. The Hall–Kier alpha value is -3.79. The summed E-state index contributed by atoms with van der Waals surface area (Å²) in [6.45, 7) is 7.59. The number of hydrogen-bond donors (Lipinski definition) is 1. The number of aryl methyl sites for hydroxylation is 3. The third-order valence-electron chi connectivity index (χ3n) is 5.41. The first-order valence-corrected chi connectivity index (χ1v) is 11.1. The van der Waals surface area contributed by atoms with Gasteiger partial charge in [-0.25, -0.2) is 9.50 Å². The average molecular weight is 463 g/mol. The number of nitro benzene ring substituents is 1. The molecule has 1 N–H and O–H groups in total. The summed E-state index contributed by atoms with van der Waals surface area (Å²) in [6.07, 6.45) is 0. The number of amides is 1. The lowest BCUT2D eigenvalue weighted by Crippen LogP contribution is -2.20. The maximum atomic E-state index is 13.3. The first kappa shape index (κ1) is 22.4. The molecule has 0 aliphatic carbocycles. The second kappa shape index (κ2) is 8.99. The van der Waals surface area contributed by atoms with Gasteiger partial charge in [0.1, 0.15) is 10.9 Å². The highest BCUT2D eigenvalue weighted by Gasteiger charge is 2.27. The molecule has 0 saturated carbocycles. The van der Waals surface area contributed by atoms with E-state index in [1.165, 1.54) is 17.8 Å². The zero-order valence-electron chi connectivity index (χ0n) is 18.6. The molecule has 1 amide bonds. The van der Waals surface area contributed by atoms with Crippen molar-refractivity contribution in [2.75, 3.05) is 5.32 Å². The van der Waals surface area contributed by atoms with Crippen LogP contribution in [0.2, 0.25) is 0 Å². The highest BCUT2D eigenvalue weighted by atomic mass is 32.2. The molecule has 10 heteroatoms. The molecule has 1 unspecified atom stereocenters. The fourth-order valence-electron chi connectivity index (χ4n) is 3.39. The van der Waals surface area contributed by atoms with E-state index in [1.807, 2.05) is 51.1 Å². The zero-order chi connectivity index (χ0) is 23.7. The van der Waals surface area contributed by atoms with Gasteiger partial charge in [-0.15, -0.1) is 5.10 Å². The minimum absolute atomic E-state index is 0.142. The van der Waals surface area contributed by atoms with Crippen molar-refractivity contribution in [3.63, 3.8) is 0 Å². The number of benzene rings is 2. The third-order valence-corrected chi connectivity index (χ3v) is 6.52. The SMILES string of the molecule is Cc1ccc(NC(=O)C(Sc2nc3nc(C)c(C)c(C)n3n2)c2ccccc2)c([N+](=O)[O-])c1. The fourth-order valence-corrected chi connectivity index (χ4v) is 4.32. The maximum Gasteiger partial charge on any atom is 0.293 e. The van der Waals surface area contributed by atoms with E-state index in [2.05, 4.69) is 20.4 Å². The molecule has 1 atom stereocenters. The van der Waals surface area contributed by atoms with E-state index in [0.717, 1.165) is 28.1 Å². The van der Waals surface area contributed by atoms with Crippen LogP contribution in [0.4, 0.5) is 11.4 Å². The summed E-state index contributed by atoms with van der Waals surface area (Å²) in [7, 11) is 0. The van der Waals surface area contributed by atoms with Crippen LogP contribution >= 0.6 is 11.8 Å². The molecule has 0 fully saturated rings. The van der Waals surface area contributed by atoms with E-state index in [-0.39, 0.29) is 11.4 Å². The second-order valence-electron chi connectivity index (χ2n) is 7.69. The molecule has 2 aromatic heterocycles. The van der Waals surface area contributed by atoms with E-state index in [0.29, 0.717) is 10.9 Å². The number of nitrogens with zero attached hydrogens (tertiary/aromatic N) is 5. The highest BCUT2D eigenvalue weighted by Crippen LogP contribution is 2.36. The number of nitro groups is 1. The molecule has 0 aliphatic heterocycles. The minimum Gasteiger partial charge on any atom is -0.319 e. The molecular formula is C23H22N6O3S. The van der Waals surface area contributed by atoms with Gasteiger partial charge in [0.2, 0.25) is 11.1 Å². The number of aromatic nitrogens is 4. The summed E-state index contributed by atoms with van der Waals surface area (Å²) >= 11 is 1.17. The highest BCUT2D eigenvalue weighted by molar-refractivity contribution is 8.00. The largest absolute Gasteiger partial charge is 0.319 e. The Morgan fingerprint density at radius 2 is 1.82 bits per heavy atom. The van der Waals surface area contributed by atoms with Gasteiger partial charge in [0.25, 0.3) is 11.5 Å². The van der Waals surface area contributed by atoms with Gasteiger partial charge < -0.3 is 5.32 Å². The van der Waals surface area contributed by atoms with Gasteiger partial charge in [-0.2, -0.15) is 4.98 Å². The van der Waals surface area contributed by atoms with Crippen LogP contribution in [0.25, 0.3) is 5.78 Å². The number of thioether (sulfide) groups is 1. The monoisotopic (exact) mass is 462 g/mol. The Bertz CT molecular complexity index is 1370. The molecule has 33 heavy (non-hydrogen) atoms. The molecule has 2 heterocycles. The lowest BCUT2D eigenvalue weighted by molar-refractivity contribution is -0.384. The Kier molecular flexibility index (Phi) is 6.10. The van der Waals surface area contributed by atoms with Crippen molar-refractivity contribution in [2.24, 2.45) is 0 Å². The number of carbonyl (C=O) groups is 1. The molecule has 0 radical (unpaired) electrons. The molecule has 168 valence electrons. The summed E-state index contributed by atoms with van der Waals surface area (Å²) in [6, 6.07) is 13.9. The van der Waals surface area contributed by atoms with Crippen LogP contribution < -0.4 is 5.32 Å². The van der Waals surface area contributed by atoms with Crippen molar-refractivity contribution in [3.05, 3.63) is 86.7 Å². The number of anilines is 1. The Labute approximate surface area is 194 Å². The number of hydrogen-bond acceptors (Lipinski definition) is 7. The van der Waals surface area contributed by atoms with Crippen LogP contribution in [0, 0.1) is 37.8 Å². The lowest BCUT2D eigenvalue weighted by Gasteiger charge is -2.15. The molecule has 0 spiro atoms. The van der Waals surface area contributed by atoms with E-state index < -0.39 is 16.1 Å². The Balaban J connectivity index is 1.70. The zero-order valence-corrected chi connectivity index (χ0v) is 19.4. The van der Waals surface area contributed by atoms with Gasteiger partial charge in [-0.3, -0.25) is 14.9 Å². The van der Waals surface area contributed by atoms with Crippen LogP contribution in [0.5, 0.6) is 0 Å². The molecule has 2 aromatic carbocycles. The Morgan fingerprint density at radius 3 is 2.52 bits per heavy atom. The van der Waals surface area contributed by atoms with Gasteiger partial charge in [0.05, 0.1) is 4.92 Å². The molecule has 0 aliphatic rings. The third kappa shape index (κ3) is 4.56. The van der Waals surface area contributed by atoms with E-state index in [9.17, 15) is 14.9 Å². The normalized spacial score (nSPS) is 12.0. The molecule has 4 aromatic rings. The number of rotatable bonds is 6. The van der Waals surface area contributed by atoms with Gasteiger partial charge in [0, 0.05) is 17.5 Å². The topological polar surface area (TPSA) is 115 Å². The predicted octanol–water partition coefficient (Wildman–Crippen LogP) is 4.74. The van der Waals surface area contributed by atoms with Crippen LogP contribution in [0.3, 0.4) is 0 Å². The van der Waals surface area contributed by atoms with Crippen molar-refractivity contribution >= 4 is 34.8 Å². The second-order valence-corrected chi connectivity index (χ2v) is 8.76. The van der Waals surface area contributed by atoms with Crippen LogP contribution in [0.15, 0.2) is 53.7 Å². The quantitative estimate of drug-likeness (QED) is 0.250.